The number of hydrogen-bond acceptors (Lipinski definition) is 5. The van der Waals surface area contributed by atoms with Crippen LogP contribution in [0, 0.1) is 5.92 Å². The zero-order valence-electron chi connectivity index (χ0n) is 20.2. The molecule has 1 aliphatic heterocycles. The number of pyridine rings is 1. The van der Waals surface area contributed by atoms with E-state index >= 15 is 0 Å². The molecule has 1 aliphatic rings. The lowest BCUT2D eigenvalue weighted by atomic mass is 9.94. The summed E-state index contributed by atoms with van der Waals surface area (Å²) in [4.78, 5) is 33.6. The summed E-state index contributed by atoms with van der Waals surface area (Å²) in [6.45, 7) is 13.0. The number of carbonyl (C=O) groups excluding carboxylic acids is 2. The van der Waals surface area contributed by atoms with Gasteiger partial charge >= 0.3 is 0 Å². The average Bonchev–Trinajstić information content (AvgIpc) is 2.72. The summed E-state index contributed by atoms with van der Waals surface area (Å²) in [5.74, 6) is 1.20. The number of fused-ring (bicyclic) bond motifs is 1. The van der Waals surface area contributed by atoms with E-state index in [0.29, 0.717) is 17.3 Å². The molecule has 7 heteroatoms. The first-order valence-corrected chi connectivity index (χ1v) is 11.2. The number of nitrogens with one attached hydrogen (secondary N) is 2. The van der Waals surface area contributed by atoms with Crippen LogP contribution in [0.3, 0.4) is 0 Å². The maximum absolute atomic E-state index is 13.0. The molecule has 0 saturated heterocycles. The molecule has 2 heterocycles. The molecule has 1 aromatic heterocycles. The number of rotatable bonds is 7. The lowest BCUT2D eigenvalue weighted by Gasteiger charge is -2.47. The van der Waals surface area contributed by atoms with Crippen LogP contribution in [0.15, 0.2) is 36.5 Å². The average molecular weight is 438 g/mol. The standard InChI is InChI=1S/C25H35N5O2/c1-16(2)12-13-30-20-14-22(26-15-21(20)29(7)24(32)25(30,5)6)28-19-10-8-18(9-11-19)23(31)27-17(3)4/h8-11,14-17H,12-13H2,1-7H3,(H,26,28)(H,27,31). The lowest BCUT2D eigenvalue weighted by Crippen LogP contribution is -2.59. The van der Waals surface area contributed by atoms with Gasteiger partial charge in [0.25, 0.3) is 11.8 Å². The summed E-state index contributed by atoms with van der Waals surface area (Å²) >= 11 is 0. The minimum absolute atomic E-state index is 0.0616. The minimum atomic E-state index is -0.638. The van der Waals surface area contributed by atoms with Crippen LogP contribution in [0.1, 0.15) is 58.3 Å². The van der Waals surface area contributed by atoms with E-state index in [1.807, 2.05) is 45.9 Å². The third-order valence-electron chi connectivity index (χ3n) is 5.79. The first-order chi connectivity index (χ1) is 15.0. The monoisotopic (exact) mass is 437 g/mol. The molecule has 3 rings (SSSR count). The number of carbonyl (C=O) groups is 2. The first-order valence-electron chi connectivity index (χ1n) is 11.2. The molecular weight excluding hydrogens is 402 g/mol. The van der Waals surface area contributed by atoms with Gasteiger partial charge in [-0.3, -0.25) is 9.59 Å². The Kier molecular flexibility index (Phi) is 6.77. The second kappa shape index (κ2) is 9.18. The second-order valence-corrected chi connectivity index (χ2v) is 9.65. The Labute approximate surface area is 191 Å². The van der Waals surface area contributed by atoms with Crippen molar-refractivity contribution in [3.63, 3.8) is 0 Å². The van der Waals surface area contributed by atoms with Crippen molar-refractivity contribution in [2.45, 2.75) is 59.5 Å². The normalized spacial score (nSPS) is 15.2. The fourth-order valence-electron chi connectivity index (χ4n) is 3.90. The van der Waals surface area contributed by atoms with Gasteiger partial charge in [0.2, 0.25) is 0 Å². The summed E-state index contributed by atoms with van der Waals surface area (Å²) in [6, 6.07) is 9.41. The Morgan fingerprint density at radius 3 is 2.34 bits per heavy atom. The topological polar surface area (TPSA) is 77.6 Å². The predicted octanol–water partition coefficient (Wildman–Crippen LogP) is 4.57. The summed E-state index contributed by atoms with van der Waals surface area (Å²) in [5.41, 5.74) is 2.62. The predicted molar refractivity (Wildman–Crippen MR) is 131 cm³/mol. The van der Waals surface area contributed by atoms with E-state index < -0.39 is 5.54 Å². The minimum Gasteiger partial charge on any atom is -0.356 e. The van der Waals surface area contributed by atoms with Gasteiger partial charge < -0.3 is 20.4 Å². The van der Waals surface area contributed by atoms with Crippen molar-refractivity contribution in [2.75, 3.05) is 28.7 Å². The van der Waals surface area contributed by atoms with Gasteiger partial charge in [0.15, 0.2) is 0 Å². The number of likely N-dealkylation sites (N-methyl/N-ethyl adjacent to an activating group) is 1. The Morgan fingerprint density at radius 2 is 1.75 bits per heavy atom. The van der Waals surface area contributed by atoms with Crippen LogP contribution in [0.2, 0.25) is 0 Å². The molecular formula is C25H35N5O2. The van der Waals surface area contributed by atoms with Gasteiger partial charge in [-0.2, -0.15) is 0 Å². The number of hydrogen-bond donors (Lipinski definition) is 2. The Balaban J connectivity index is 1.87. The van der Waals surface area contributed by atoms with Crippen molar-refractivity contribution >= 4 is 34.7 Å². The lowest BCUT2D eigenvalue weighted by molar-refractivity contribution is -0.122. The molecule has 32 heavy (non-hydrogen) atoms. The molecule has 0 radical (unpaired) electrons. The quantitative estimate of drug-likeness (QED) is 0.663. The molecule has 0 aliphatic carbocycles. The molecule has 0 atom stereocenters. The number of benzene rings is 1. The highest BCUT2D eigenvalue weighted by Crippen LogP contribution is 2.41. The maximum Gasteiger partial charge on any atom is 0.252 e. The van der Waals surface area contributed by atoms with E-state index in [9.17, 15) is 9.59 Å². The van der Waals surface area contributed by atoms with Crippen molar-refractivity contribution < 1.29 is 9.59 Å². The van der Waals surface area contributed by atoms with Crippen LogP contribution < -0.4 is 20.4 Å². The van der Waals surface area contributed by atoms with Crippen molar-refractivity contribution in [3.8, 4) is 0 Å². The van der Waals surface area contributed by atoms with Gasteiger partial charge in [-0.1, -0.05) is 13.8 Å². The van der Waals surface area contributed by atoms with Gasteiger partial charge in [0.05, 0.1) is 17.6 Å². The largest absolute Gasteiger partial charge is 0.356 e. The summed E-state index contributed by atoms with van der Waals surface area (Å²) in [5, 5.41) is 6.22. The number of nitrogens with zero attached hydrogens (tertiary/aromatic N) is 3. The van der Waals surface area contributed by atoms with Crippen LogP contribution in [0.25, 0.3) is 0 Å². The van der Waals surface area contributed by atoms with Crippen LogP contribution in [0.5, 0.6) is 0 Å². The Bertz CT molecular complexity index is 982. The smallest absolute Gasteiger partial charge is 0.252 e. The van der Waals surface area contributed by atoms with E-state index in [4.69, 9.17) is 0 Å². The van der Waals surface area contributed by atoms with Crippen molar-refractivity contribution in [1.29, 1.82) is 0 Å². The van der Waals surface area contributed by atoms with Crippen molar-refractivity contribution in [2.24, 2.45) is 5.92 Å². The van der Waals surface area contributed by atoms with Crippen molar-refractivity contribution in [3.05, 3.63) is 42.1 Å². The van der Waals surface area contributed by atoms with E-state index in [-0.39, 0.29) is 17.9 Å². The highest BCUT2D eigenvalue weighted by atomic mass is 16.2. The molecule has 0 bridgehead atoms. The summed E-state index contributed by atoms with van der Waals surface area (Å²) in [6.07, 6.45) is 2.74. The maximum atomic E-state index is 13.0. The Hall–Kier alpha value is -3.09. The molecule has 0 fully saturated rings. The van der Waals surface area contributed by atoms with Gasteiger partial charge in [-0.15, -0.1) is 0 Å². The van der Waals surface area contributed by atoms with Crippen LogP contribution in [-0.2, 0) is 4.79 Å². The number of amides is 2. The zero-order valence-corrected chi connectivity index (χ0v) is 20.2. The fourth-order valence-corrected chi connectivity index (χ4v) is 3.90. The SMILES string of the molecule is CC(C)CCN1c2cc(Nc3ccc(C(=O)NC(C)C)cc3)ncc2N(C)C(=O)C1(C)C. The molecule has 172 valence electrons. The van der Waals surface area contributed by atoms with Crippen molar-refractivity contribution in [1.82, 2.24) is 10.3 Å². The van der Waals surface area contributed by atoms with Crippen LogP contribution >= 0.6 is 0 Å². The highest BCUT2D eigenvalue weighted by molar-refractivity contribution is 6.07. The van der Waals surface area contributed by atoms with Gasteiger partial charge in [0.1, 0.15) is 11.4 Å². The molecule has 1 aromatic carbocycles. The van der Waals surface area contributed by atoms with E-state index in [0.717, 1.165) is 30.0 Å². The second-order valence-electron chi connectivity index (χ2n) is 9.65. The zero-order chi connectivity index (χ0) is 23.6. The molecule has 7 nitrogen and oxygen atoms in total. The van der Waals surface area contributed by atoms with Gasteiger partial charge in [-0.05, 0) is 64.3 Å². The third kappa shape index (κ3) is 4.87. The number of aromatic nitrogens is 1. The third-order valence-corrected chi connectivity index (χ3v) is 5.79. The first kappa shape index (κ1) is 23.6. The summed E-state index contributed by atoms with van der Waals surface area (Å²) < 4.78 is 0. The van der Waals surface area contributed by atoms with E-state index in [1.54, 1.807) is 30.3 Å². The molecule has 2 amide bonds. The number of anilines is 4. The van der Waals surface area contributed by atoms with E-state index in [2.05, 4.69) is 34.4 Å². The molecule has 0 saturated carbocycles. The van der Waals surface area contributed by atoms with Crippen LogP contribution in [0.4, 0.5) is 22.9 Å². The fraction of sp³-hybridized carbons (Fsp3) is 0.480. The van der Waals surface area contributed by atoms with E-state index in [1.165, 1.54) is 0 Å². The highest BCUT2D eigenvalue weighted by Gasteiger charge is 2.43. The Morgan fingerprint density at radius 1 is 1.09 bits per heavy atom. The molecule has 0 spiro atoms. The van der Waals surface area contributed by atoms with Crippen LogP contribution in [-0.4, -0.2) is 42.0 Å². The molecule has 0 unspecified atom stereocenters. The summed E-state index contributed by atoms with van der Waals surface area (Å²) in [7, 11) is 1.80. The van der Waals surface area contributed by atoms with Gasteiger partial charge in [-0.25, -0.2) is 4.98 Å². The van der Waals surface area contributed by atoms with Gasteiger partial charge in [0, 0.05) is 37.0 Å². The molecule has 2 aromatic rings. The molecule has 2 N–H and O–H groups in total.